The molecule has 2 unspecified atom stereocenters. The van der Waals surface area contributed by atoms with Gasteiger partial charge in [0.2, 0.25) is 11.8 Å². The fraction of sp³-hybridized carbons (Fsp3) is 0.448. The number of rotatable bonds is 10. The highest BCUT2D eigenvalue weighted by molar-refractivity contribution is 5.97. The summed E-state index contributed by atoms with van der Waals surface area (Å²) in [5.74, 6) is 0.715. The monoisotopic (exact) mass is 489 g/mol. The van der Waals surface area contributed by atoms with E-state index in [-0.39, 0.29) is 18.4 Å². The van der Waals surface area contributed by atoms with Gasteiger partial charge in [-0.2, -0.15) is 0 Å². The van der Waals surface area contributed by atoms with Gasteiger partial charge in [0.05, 0.1) is 13.2 Å². The van der Waals surface area contributed by atoms with Gasteiger partial charge in [-0.3, -0.25) is 9.59 Å². The van der Waals surface area contributed by atoms with Crippen LogP contribution in [-0.4, -0.2) is 65.6 Å². The number of benzene rings is 2. The third-order valence-electron chi connectivity index (χ3n) is 7.21. The summed E-state index contributed by atoms with van der Waals surface area (Å²) < 4.78 is 11.7. The SMILES string of the molecule is CCCCOCCCN1CC(=O)N2C(Cc3c([nH]c4ccccc34)C2c2ccccc2OCC)C1=O. The highest BCUT2D eigenvalue weighted by Crippen LogP contribution is 2.44. The maximum Gasteiger partial charge on any atom is 0.246 e. The van der Waals surface area contributed by atoms with E-state index in [4.69, 9.17) is 9.47 Å². The molecule has 7 nitrogen and oxygen atoms in total. The van der Waals surface area contributed by atoms with Gasteiger partial charge >= 0.3 is 0 Å². The molecule has 1 aromatic heterocycles. The van der Waals surface area contributed by atoms with E-state index >= 15 is 0 Å². The summed E-state index contributed by atoms with van der Waals surface area (Å²) in [5, 5.41) is 1.10. The molecule has 1 saturated heterocycles. The fourth-order valence-electron chi connectivity index (χ4n) is 5.54. The smallest absolute Gasteiger partial charge is 0.246 e. The summed E-state index contributed by atoms with van der Waals surface area (Å²) in [6.45, 7) is 6.57. The predicted molar refractivity (Wildman–Crippen MR) is 139 cm³/mol. The maximum atomic E-state index is 13.8. The molecule has 5 rings (SSSR count). The molecule has 0 spiro atoms. The molecule has 0 bridgehead atoms. The molecule has 1 fully saturated rings. The van der Waals surface area contributed by atoms with Crippen LogP contribution in [0.2, 0.25) is 0 Å². The van der Waals surface area contributed by atoms with Crippen molar-refractivity contribution in [1.29, 1.82) is 0 Å². The summed E-state index contributed by atoms with van der Waals surface area (Å²) >= 11 is 0. The molecule has 2 aliphatic heterocycles. The Labute approximate surface area is 212 Å². The molecule has 1 N–H and O–H groups in total. The van der Waals surface area contributed by atoms with Gasteiger partial charge < -0.3 is 24.3 Å². The Balaban J connectivity index is 1.50. The third kappa shape index (κ3) is 4.48. The first kappa shape index (κ1) is 24.4. The largest absolute Gasteiger partial charge is 0.494 e. The number of amides is 2. The molecule has 190 valence electrons. The van der Waals surface area contributed by atoms with Crippen LogP contribution in [0.5, 0.6) is 5.75 Å². The molecule has 0 radical (unpaired) electrons. The van der Waals surface area contributed by atoms with Gasteiger partial charge in [-0.15, -0.1) is 0 Å². The molecule has 2 atom stereocenters. The van der Waals surface area contributed by atoms with Gasteiger partial charge in [0.1, 0.15) is 17.8 Å². The van der Waals surface area contributed by atoms with E-state index in [0.29, 0.717) is 26.2 Å². The van der Waals surface area contributed by atoms with E-state index in [1.54, 1.807) is 9.80 Å². The Kier molecular flexibility index (Phi) is 7.28. The Morgan fingerprint density at radius 2 is 1.78 bits per heavy atom. The highest BCUT2D eigenvalue weighted by Gasteiger charge is 2.48. The van der Waals surface area contributed by atoms with Crippen LogP contribution < -0.4 is 4.74 Å². The summed E-state index contributed by atoms with van der Waals surface area (Å²) in [6, 6.07) is 15.0. The third-order valence-corrected chi connectivity index (χ3v) is 7.21. The zero-order chi connectivity index (χ0) is 25.1. The molecule has 3 heterocycles. The standard InChI is InChI=1S/C29H35N3O4/c1-3-5-16-35-17-10-15-31-19-26(33)32-24(29(31)34)18-22-20-11-6-8-13-23(20)30-27(22)28(32)21-12-7-9-14-25(21)36-4-2/h6-9,11-14,24,28,30H,3-5,10,15-19H2,1-2H3. The first-order chi connectivity index (χ1) is 17.6. The van der Waals surface area contributed by atoms with Crippen LogP contribution in [0.4, 0.5) is 0 Å². The van der Waals surface area contributed by atoms with E-state index in [0.717, 1.165) is 59.3 Å². The molecule has 2 aromatic carbocycles. The fourth-order valence-corrected chi connectivity index (χ4v) is 5.54. The number of nitrogens with one attached hydrogen (secondary N) is 1. The lowest BCUT2D eigenvalue weighted by Crippen LogP contribution is -2.63. The van der Waals surface area contributed by atoms with E-state index in [1.807, 2.05) is 49.4 Å². The average molecular weight is 490 g/mol. The number of H-pyrrole nitrogens is 1. The van der Waals surface area contributed by atoms with Crippen LogP contribution in [0.25, 0.3) is 10.9 Å². The van der Waals surface area contributed by atoms with Crippen molar-refractivity contribution in [3.63, 3.8) is 0 Å². The van der Waals surface area contributed by atoms with Crippen molar-refractivity contribution in [2.75, 3.05) is 32.9 Å². The topological polar surface area (TPSA) is 74.9 Å². The van der Waals surface area contributed by atoms with Crippen LogP contribution in [0.1, 0.15) is 56.0 Å². The van der Waals surface area contributed by atoms with Crippen molar-refractivity contribution >= 4 is 22.7 Å². The van der Waals surface area contributed by atoms with Crippen LogP contribution in [0, 0.1) is 0 Å². The number of piperazine rings is 1. The number of carbonyl (C=O) groups excluding carboxylic acids is 2. The van der Waals surface area contributed by atoms with Crippen LogP contribution >= 0.6 is 0 Å². The highest BCUT2D eigenvalue weighted by atomic mass is 16.5. The number of aromatic amines is 1. The Morgan fingerprint density at radius 1 is 1.00 bits per heavy atom. The van der Waals surface area contributed by atoms with Crippen LogP contribution in [0.3, 0.4) is 0 Å². The Hall–Kier alpha value is -3.32. The number of para-hydroxylation sites is 2. The predicted octanol–water partition coefficient (Wildman–Crippen LogP) is 4.46. The Morgan fingerprint density at radius 3 is 2.61 bits per heavy atom. The van der Waals surface area contributed by atoms with Gasteiger partial charge in [-0.1, -0.05) is 49.7 Å². The number of hydrogen-bond acceptors (Lipinski definition) is 4. The molecule has 0 aliphatic carbocycles. The Bertz CT molecular complexity index is 1240. The van der Waals surface area contributed by atoms with Crippen LogP contribution in [0.15, 0.2) is 48.5 Å². The van der Waals surface area contributed by atoms with Gasteiger partial charge in [0, 0.05) is 48.3 Å². The van der Waals surface area contributed by atoms with Crippen molar-refractivity contribution in [3.05, 3.63) is 65.4 Å². The van der Waals surface area contributed by atoms with Crippen molar-refractivity contribution in [2.45, 2.75) is 51.6 Å². The zero-order valence-electron chi connectivity index (χ0n) is 21.2. The number of nitrogens with zero attached hydrogens (tertiary/aromatic N) is 2. The van der Waals surface area contributed by atoms with Crippen molar-refractivity contribution < 1.29 is 19.1 Å². The first-order valence-electron chi connectivity index (χ1n) is 13.1. The first-order valence-corrected chi connectivity index (χ1v) is 13.1. The number of unbranched alkanes of at least 4 members (excludes halogenated alkanes) is 1. The molecule has 2 amide bonds. The second-order valence-corrected chi connectivity index (χ2v) is 9.54. The van der Waals surface area contributed by atoms with E-state index < -0.39 is 12.1 Å². The van der Waals surface area contributed by atoms with Crippen molar-refractivity contribution in [3.8, 4) is 5.75 Å². The van der Waals surface area contributed by atoms with Crippen molar-refractivity contribution in [2.24, 2.45) is 0 Å². The second kappa shape index (κ2) is 10.7. The number of ether oxygens (including phenoxy) is 2. The summed E-state index contributed by atoms with van der Waals surface area (Å²) in [5.41, 5.74) is 3.99. The lowest BCUT2D eigenvalue weighted by molar-refractivity contribution is -0.158. The molecule has 0 saturated carbocycles. The molecule has 2 aliphatic rings. The van der Waals surface area contributed by atoms with Crippen LogP contribution in [-0.2, 0) is 20.7 Å². The van der Waals surface area contributed by atoms with Gasteiger partial charge in [0.25, 0.3) is 0 Å². The number of hydrogen-bond donors (Lipinski definition) is 1. The maximum absolute atomic E-state index is 13.8. The lowest BCUT2D eigenvalue weighted by atomic mass is 9.86. The minimum Gasteiger partial charge on any atom is -0.494 e. The minimum absolute atomic E-state index is 0.0120. The summed E-state index contributed by atoms with van der Waals surface area (Å²) in [6.07, 6.45) is 3.36. The quantitative estimate of drug-likeness (QED) is 0.427. The van der Waals surface area contributed by atoms with Gasteiger partial charge in [-0.25, -0.2) is 0 Å². The lowest BCUT2D eigenvalue weighted by Gasteiger charge is -2.47. The number of fused-ring (bicyclic) bond motifs is 4. The molecular formula is C29H35N3O4. The van der Waals surface area contributed by atoms with Crippen molar-refractivity contribution in [1.82, 2.24) is 14.8 Å². The normalized spacial score (nSPS) is 19.5. The summed E-state index contributed by atoms with van der Waals surface area (Å²) in [4.78, 5) is 34.6. The minimum atomic E-state index is -0.543. The molecule has 7 heteroatoms. The second-order valence-electron chi connectivity index (χ2n) is 9.54. The van der Waals surface area contributed by atoms with E-state index in [2.05, 4.69) is 18.0 Å². The van der Waals surface area contributed by atoms with Gasteiger partial charge in [-0.05, 0) is 37.5 Å². The number of aromatic nitrogens is 1. The molecule has 36 heavy (non-hydrogen) atoms. The van der Waals surface area contributed by atoms with Gasteiger partial charge in [0.15, 0.2) is 0 Å². The van der Waals surface area contributed by atoms with E-state index in [9.17, 15) is 9.59 Å². The number of carbonyl (C=O) groups is 2. The van der Waals surface area contributed by atoms with E-state index in [1.165, 1.54) is 0 Å². The molecular weight excluding hydrogens is 454 g/mol. The molecule has 3 aromatic rings. The summed E-state index contributed by atoms with van der Waals surface area (Å²) in [7, 11) is 0. The zero-order valence-corrected chi connectivity index (χ0v) is 21.2. The average Bonchev–Trinajstić information content (AvgIpc) is 3.27.